The van der Waals surface area contributed by atoms with E-state index < -0.39 is 0 Å². The summed E-state index contributed by atoms with van der Waals surface area (Å²) in [5, 5.41) is 7.05. The molecule has 0 amide bonds. The quantitative estimate of drug-likeness (QED) is 0.633. The lowest BCUT2D eigenvalue weighted by Gasteiger charge is -2.22. The molecule has 1 aliphatic heterocycles. The highest BCUT2D eigenvalue weighted by Gasteiger charge is 2.11. The molecule has 1 saturated heterocycles. The lowest BCUT2D eigenvalue weighted by molar-refractivity contribution is 0.358. The number of piperidine rings is 1. The van der Waals surface area contributed by atoms with Crippen molar-refractivity contribution in [1.82, 2.24) is 10.6 Å². The van der Waals surface area contributed by atoms with E-state index in [0.717, 1.165) is 11.8 Å². The third-order valence-corrected chi connectivity index (χ3v) is 3.22. The fraction of sp³-hybridized carbons (Fsp3) is 1.00. The number of nitrogens with one attached hydrogen (secondary N) is 2. The van der Waals surface area contributed by atoms with Crippen molar-refractivity contribution in [2.45, 2.75) is 46.0 Å². The second-order valence-electron chi connectivity index (χ2n) is 5.31. The first-order valence-electron chi connectivity index (χ1n) is 6.70. The van der Waals surface area contributed by atoms with Crippen LogP contribution in [0, 0.1) is 11.8 Å². The van der Waals surface area contributed by atoms with E-state index in [1.54, 1.807) is 0 Å². The van der Waals surface area contributed by atoms with Crippen molar-refractivity contribution < 1.29 is 0 Å². The second-order valence-corrected chi connectivity index (χ2v) is 5.31. The van der Waals surface area contributed by atoms with Gasteiger partial charge in [0.1, 0.15) is 0 Å². The molecule has 0 spiro atoms. The molecule has 0 radical (unpaired) electrons. The van der Waals surface area contributed by atoms with Gasteiger partial charge < -0.3 is 10.6 Å². The minimum absolute atomic E-state index is 0.868. The van der Waals surface area contributed by atoms with Crippen LogP contribution in [0.5, 0.6) is 0 Å². The molecule has 0 aromatic rings. The minimum atomic E-state index is 0.868. The lowest BCUT2D eigenvalue weighted by atomic mass is 10.00. The molecule has 0 aromatic heterocycles. The fourth-order valence-corrected chi connectivity index (χ4v) is 2.21. The Labute approximate surface area is 95.2 Å². The van der Waals surface area contributed by atoms with Gasteiger partial charge in [-0.25, -0.2) is 0 Å². The summed E-state index contributed by atoms with van der Waals surface area (Å²) in [5.41, 5.74) is 0. The SMILES string of the molecule is CC(C)CCCCNCC1CCCNC1. The Bertz CT molecular complexity index is 139. The number of unbranched alkanes of at least 4 members (excludes halogenated alkanes) is 1. The number of hydrogen-bond donors (Lipinski definition) is 2. The third kappa shape index (κ3) is 6.91. The van der Waals surface area contributed by atoms with Crippen molar-refractivity contribution >= 4 is 0 Å². The van der Waals surface area contributed by atoms with Gasteiger partial charge in [0, 0.05) is 0 Å². The van der Waals surface area contributed by atoms with Gasteiger partial charge in [-0.1, -0.05) is 26.7 Å². The molecule has 0 aromatic carbocycles. The zero-order valence-electron chi connectivity index (χ0n) is 10.5. The third-order valence-electron chi connectivity index (χ3n) is 3.22. The first-order chi connectivity index (χ1) is 7.29. The normalized spacial score (nSPS) is 22.2. The number of rotatable bonds is 7. The molecule has 1 fully saturated rings. The Morgan fingerprint density at radius 1 is 1.33 bits per heavy atom. The van der Waals surface area contributed by atoms with Gasteiger partial charge in [0.25, 0.3) is 0 Å². The van der Waals surface area contributed by atoms with Crippen LogP contribution in [0.4, 0.5) is 0 Å². The fourth-order valence-electron chi connectivity index (χ4n) is 2.21. The summed E-state index contributed by atoms with van der Waals surface area (Å²) < 4.78 is 0. The van der Waals surface area contributed by atoms with Gasteiger partial charge in [0.05, 0.1) is 0 Å². The topological polar surface area (TPSA) is 24.1 Å². The summed E-state index contributed by atoms with van der Waals surface area (Å²) >= 11 is 0. The Hall–Kier alpha value is -0.0800. The van der Waals surface area contributed by atoms with Gasteiger partial charge >= 0.3 is 0 Å². The molecule has 0 bridgehead atoms. The Morgan fingerprint density at radius 2 is 2.20 bits per heavy atom. The largest absolute Gasteiger partial charge is 0.316 e. The monoisotopic (exact) mass is 212 g/mol. The average Bonchev–Trinajstić information content (AvgIpc) is 2.24. The van der Waals surface area contributed by atoms with Crippen molar-refractivity contribution in [2.75, 3.05) is 26.2 Å². The second kappa shape index (κ2) is 8.12. The van der Waals surface area contributed by atoms with Crippen LogP contribution in [0.3, 0.4) is 0 Å². The van der Waals surface area contributed by atoms with Gasteiger partial charge in [0.2, 0.25) is 0 Å². The Morgan fingerprint density at radius 3 is 2.87 bits per heavy atom. The molecule has 90 valence electrons. The molecule has 1 aliphatic rings. The molecule has 2 heteroatoms. The van der Waals surface area contributed by atoms with Gasteiger partial charge in [-0.05, 0) is 57.3 Å². The number of hydrogen-bond acceptors (Lipinski definition) is 2. The molecule has 1 heterocycles. The summed E-state index contributed by atoms with van der Waals surface area (Å²) in [5.74, 6) is 1.75. The predicted octanol–water partition coefficient (Wildman–Crippen LogP) is 2.40. The molecule has 1 atom stereocenters. The molecular formula is C13H28N2. The zero-order chi connectivity index (χ0) is 10.9. The molecule has 15 heavy (non-hydrogen) atoms. The Balaban J connectivity index is 1.83. The van der Waals surface area contributed by atoms with Gasteiger partial charge in [0.15, 0.2) is 0 Å². The molecule has 2 nitrogen and oxygen atoms in total. The smallest absolute Gasteiger partial charge is 0.000837 e. The maximum absolute atomic E-state index is 3.59. The van der Waals surface area contributed by atoms with E-state index >= 15 is 0 Å². The van der Waals surface area contributed by atoms with Gasteiger partial charge in [-0.3, -0.25) is 0 Å². The summed E-state index contributed by atoms with van der Waals surface area (Å²) in [6, 6.07) is 0. The van der Waals surface area contributed by atoms with Crippen LogP contribution in [0.1, 0.15) is 46.0 Å². The van der Waals surface area contributed by atoms with Crippen LogP contribution >= 0.6 is 0 Å². The maximum Gasteiger partial charge on any atom is -0.000837 e. The molecule has 0 aliphatic carbocycles. The molecule has 0 saturated carbocycles. The lowest BCUT2D eigenvalue weighted by Crippen LogP contribution is -2.36. The Kier molecular flexibility index (Phi) is 7.03. The highest BCUT2D eigenvalue weighted by Crippen LogP contribution is 2.08. The van der Waals surface area contributed by atoms with E-state index in [1.165, 1.54) is 58.3 Å². The van der Waals surface area contributed by atoms with Crippen molar-refractivity contribution in [3.8, 4) is 0 Å². The highest BCUT2D eigenvalue weighted by molar-refractivity contribution is 4.70. The molecule has 1 unspecified atom stereocenters. The van der Waals surface area contributed by atoms with E-state index in [9.17, 15) is 0 Å². The van der Waals surface area contributed by atoms with E-state index in [0.29, 0.717) is 0 Å². The van der Waals surface area contributed by atoms with E-state index in [1.807, 2.05) is 0 Å². The van der Waals surface area contributed by atoms with Crippen LogP contribution in [0.25, 0.3) is 0 Å². The summed E-state index contributed by atoms with van der Waals surface area (Å²) in [7, 11) is 0. The molecule has 1 rings (SSSR count). The van der Waals surface area contributed by atoms with E-state index in [4.69, 9.17) is 0 Å². The van der Waals surface area contributed by atoms with Crippen LogP contribution in [-0.2, 0) is 0 Å². The minimum Gasteiger partial charge on any atom is -0.316 e. The summed E-state index contributed by atoms with van der Waals surface area (Å²) in [6.45, 7) is 9.49. The zero-order valence-corrected chi connectivity index (χ0v) is 10.5. The van der Waals surface area contributed by atoms with Crippen LogP contribution in [0.15, 0.2) is 0 Å². The van der Waals surface area contributed by atoms with Gasteiger partial charge in [-0.2, -0.15) is 0 Å². The molecular weight excluding hydrogens is 184 g/mol. The molecule has 2 N–H and O–H groups in total. The van der Waals surface area contributed by atoms with Crippen LogP contribution in [-0.4, -0.2) is 26.2 Å². The van der Waals surface area contributed by atoms with Crippen molar-refractivity contribution in [3.63, 3.8) is 0 Å². The standard InChI is InChI=1S/C13H28N2/c1-12(2)6-3-4-8-14-10-13-7-5-9-15-11-13/h12-15H,3-11H2,1-2H3. The van der Waals surface area contributed by atoms with Gasteiger partial charge in [-0.15, -0.1) is 0 Å². The van der Waals surface area contributed by atoms with E-state index in [2.05, 4.69) is 24.5 Å². The first-order valence-corrected chi connectivity index (χ1v) is 6.70. The van der Waals surface area contributed by atoms with Crippen molar-refractivity contribution in [1.29, 1.82) is 0 Å². The maximum atomic E-state index is 3.59. The van der Waals surface area contributed by atoms with Crippen molar-refractivity contribution in [3.05, 3.63) is 0 Å². The average molecular weight is 212 g/mol. The first kappa shape index (κ1) is 13.0. The summed E-state index contributed by atoms with van der Waals surface area (Å²) in [4.78, 5) is 0. The van der Waals surface area contributed by atoms with Crippen LogP contribution < -0.4 is 10.6 Å². The van der Waals surface area contributed by atoms with Crippen molar-refractivity contribution in [2.24, 2.45) is 11.8 Å². The van der Waals surface area contributed by atoms with Crippen LogP contribution in [0.2, 0.25) is 0 Å². The highest BCUT2D eigenvalue weighted by atomic mass is 14.9. The predicted molar refractivity (Wildman–Crippen MR) is 67.2 cm³/mol. The van der Waals surface area contributed by atoms with E-state index in [-0.39, 0.29) is 0 Å². The summed E-state index contributed by atoms with van der Waals surface area (Å²) in [6.07, 6.45) is 6.88.